The van der Waals surface area contributed by atoms with Gasteiger partial charge in [-0.1, -0.05) is 88.4 Å². The van der Waals surface area contributed by atoms with Gasteiger partial charge in [-0.25, -0.2) is 4.79 Å². The molecule has 0 aromatic heterocycles. The molecule has 1 saturated carbocycles. The van der Waals surface area contributed by atoms with Gasteiger partial charge in [-0.15, -0.1) is 6.58 Å². The van der Waals surface area contributed by atoms with Crippen molar-refractivity contribution in [2.24, 2.45) is 11.7 Å². The molecule has 2 aromatic rings. The summed E-state index contributed by atoms with van der Waals surface area (Å²) in [5.74, 6) is 0.279. The average Bonchev–Trinajstić information content (AvgIpc) is 3.70. The van der Waals surface area contributed by atoms with Crippen LogP contribution in [0.5, 0.6) is 0 Å². The summed E-state index contributed by atoms with van der Waals surface area (Å²) >= 11 is 0. The van der Waals surface area contributed by atoms with Gasteiger partial charge in [0.05, 0.1) is 24.8 Å². The van der Waals surface area contributed by atoms with Crippen LogP contribution >= 0.6 is 0 Å². The minimum Gasteiger partial charge on any atom is -0.445 e. The lowest BCUT2D eigenvalue weighted by Crippen LogP contribution is -2.50. The van der Waals surface area contributed by atoms with Crippen molar-refractivity contribution in [1.29, 1.82) is 0 Å². The summed E-state index contributed by atoms with van der Waals surface area (Å²) in [6.07, 6.45) is 3.55. The van der Waals surface area contributed by atoms with Gasteiger partial charge in [-0.2, -0.15) is 0 Å². The number of hydrogen-bond acceptors (Lipinski definition) is 5. The Labute approximate surface area is 228 Å². The molecule has 3 rings (SSSR count). The van der Waals surface area contributed by atoms with Crippen molar-refractivity contribution in [3.63, 3.8) is 0 Å². The van der Waals surface area contributed by atoms with Gasteiger partial charge in [-0.3, -0.25) is 4.90 Å². The van der Waals surface area contributed by atoms with E-state index in [1.807, 2.05) is 30.3 Å². The quantitative estimate of drug-likeness (QED) is 0.238. The van der Waals surface area contributed by atoms with Crippen LogP contribution in [0.15, 0.2) is 67.3 Å². The molecule has 0 saturated heterocycles. The van der Waals surface area contributed by atoms with E-state index in [4.69, 9.17) is 15.2 Å². The van der Waals surface area contributed by atoms with Gasteiger partial charge in [0.25, 0.3) is 0 Å². The fourth-order valence-electron chi connectivity index (χ4n) is 4.84. The van der Waals surface area contributed by atoms with Crippen molar-refractivity contribution >= 4 is 6.09 Å². The van der Waals surface area contributed by atoms with E-state index in [-0.39, 0.29) is 24.5 Å². The second-order valence-corrected chi connectivity index (χ2v) is 11.7. The summed E-state index contributed by atoms with van der Waals surface area (Å²) in [6, 6.07) is 17.6. The molecule has 1 amide bonds. The van der Waals surface area contributed by atoms with Crippen molar-refractivity contribution in [3.8, 4) is 0 Å². The van der Waals surface area contributed by atoms with E-state index in [9.17, 15) is 9.90 Å². The van der Waals surface area contributed by atoms with Gasteiger partial charge in [0, 0.05) is 12.6 Å². The predicted molar refractivity (Wildman–Crippen MR) is 153 cm³/mol. The summed E-state index contributed by atoms with van der Waals surface area (Å²) in [5.41, 5.74) is 9.16. The smallest absolute Gasteiger partial charge is 0.410 e. The van der Waals surface area contributed by atoms with E-state index >= 15 is 0 Å². The molecule has 38 heavy (non-hydrogen) atoms. The van der Waals surface area contributed by atoms with Gasteiger partial charge in [0.2, 0.25) is 0 Å². The Morgan fingerprint density at radius 1 is 1.18 bits per heavy atom. The first-order valence-electron chi connectivity index (χ1n) is 13.8. The Morgan fingerprint density at radius 2 is 1.89 bits per heavy atom. The molecule has 1 aliphatic carbocycles. The minimum atomic E-state index is -0.876. The minimum absolute atomic E-state index is 0.0157. The molecule has 6 nitrogen and oxygen atoms in total. The molecule has 0 heterocycles. The van der Waals surface area contributed by atoms with Crippen molar-refractivity contribution in [2.75, 3.05) is 19.8 Å². The number of nitrogens with two attached hydrogens (primary N) is 1. The van der Waals surface area contributed by atoms with E-state index in [0.717, 1.165) is 30.4 Å². The van der Waals surface area contributed by atoms with Crippen LogP contribution in [0.25, 0.3) is 0 Å². The fraction of sp³-hybridized carbons (Fsp3) is 0.531. The molecule has 3 N–H and O–H groups in total. The van der Waals surface area contributed by atoms with Crippen molar-refractivity contribution in [3.05, 3.63) is 83.9 Å². The maximum atomic E-state index is 13.6. The number of carbonyl (C=O) groups excluding carboxylic acids is 1. The Hall–Kier alpha value is -2.67. The van der Waals surface area contributed by atoms with Gasteiger partial charge < -0.3 is 20.3 Å². The highest BCUT2D eigenvalue weighted by atomic mass is 16.6. The van der Waals surface area contributed by atoms with Gasteiger partial charge in [0.15, 0.2) is 0 Å². The number of amides is 1. The lowest BCUT2D eigenvalue weighted by Gasteiger charge is -2.35. The number of aliphatic hydroxyl groups is 1. The molecule has 1 fully saturated rings. The van der Waals surface area contributed by atoms with Crippen molar-refractivity contribution < 1.29 is 19.4 Å². The van der Waals surface area contributed by atoms with E-state index in [2.05, 4.69) is 58.5 Å². The zero-order valence-electron chi connectivity index (χ0n) is 23.6. The summed E-state index contributed by atoms with van der Waals surface area (Å²) in [7, 11) is 0. The molecule has 208 valence electrons. The van der Waals surface area contributed by atoms with E-state index in [0.29, 0.717) is 19.6 Å². The molecule has 0 spiro atoms. The molecule has 0 aliphatic heterocycles. The highest BCUT2D eigenvalue weighted by molar-refractivity contribution is 5.70. The van der Waals surface area contributed by atoms with E-state index in [1.54, 1.807) is 11.0 Å². The van der Waals surface area contributed by atoms with Crippen LogP contribution in [0.1, 0.15) is 70.1 Å². The van der Waals surface area contributed by atoms with Gasteiger partial charge >= 0.3 is 6.09 Å². The van der Waals surface area contributed by atoms with Crippen molar-refractivity contribution in [2.45, 2.75) is 83.1 Å². The summed E-state index contributed by atoms with van der Waals surface area (Å²) in [6.45, 7) is 13.8. The lowest BCUT2D eigenvalue weighted by molar-refractivity contribution is 0.0338. The number of rotatable bonds is 14. The van der Waals surface area contributed by atoms with Crippen LogP contribution < -0.4 is 5.73 Å². The highest BCUT2D eigenvalue weighted by Crippen LogP contribution is 2.52. The first-order valence-corrected chi connectivity index (χ1v) is 13.8. The number of ether oxygens (including phenoxy) is 2. The Kier molecular flexibility index (Phi) is 10.5. The van der Waals surface area contributed by atoms with Crippen LogP contribution in [-0.2, 0) is 27.0 Å². The maximum Gasteiger partial charge on any atom is 0.410 e. The van der Waals surface area contributed by atoms with Gasteiger partial charge in [-0.05, 0) is 53.7 Å². The van der Waals surface area contributed by atoms with Crippen LogP contribution in [0, 0.1) is 5.92 Å². The molecule has 3 atom stereocenters. The van der Waals surface area contributed by atoms with Crippen molar-refractivity contribution in [1.82, 2.24) is 4.90 Å². The Balaban J connectivity index is 1.76. The SMILES string of the molecule is C=CCOCC[C@@H](C)C[C@H](N)[C@H](O)CN(C(=O)OCc1ccccc1)C1(c2cccc(C(C)(C)C)c2)CC1. The summed E-state index contributed by atoms with van der Waals surface area (Å²) in [4.78, 5) is 15.3. The molecule has 0 radical (unpaired) electrons. The molecular formula is C32H46N2O4. The van der Waals surface area contributed by atoms with Gasteiger partial charge in [0.1, 0.15) is 6.61 Å². The Morgan fingerprint density at radius 3 is 2.53 bits per heavy atom. The molecule has 1 aliphatic rings. The molecule has 6 heteroatoms. The largest absolute Gasteiger partial charge is 0.445 e. The second-order valence-electron chi connectivity index (χ2n) is 11.7. The third-order valence-electron chi connectivity index (χ3n) is 7.46. The predicted octanol–water partition coefficient (Wildman–Crippen LogP) is 5.92. The average molecular weight is 523 g/mol. The third kappa shape index (κ3) is 8.16. The lowest BCUT2D eigenvalue weighted by atomic mass is 9.85. The number of benzene rings is 2. The maximum absolute atomic E-state index is 13.6. The molecule has 0 bridgehead atoms. The Bertz CT molecular complexity index is 1030. The number of hydrogen-bond donors (Lipinski definition) is 2. The van der Waals surface area contributed by atoms with Crippen LogP contribution in [0.3, 0.4) is 0 Å². The monoisotopic (exact) mass is 522 g/mol. The zero-order chi connectivity index (χ0) is 27.8. The third-order valence-corrected chi connectivity index (χ3v) is 7.46. The normalized spacial score (nSPS) is 16.8. The standard InChI is InChI=1S/C32H46N2O4/c1-6-18-37-19-15-24(2)20-28(33)29(35)22-34(30(36)38-23-25-11-8-7-9-12-25)32(16-17-32)27-14-10-13-26(21-27)31(3,4)5/h6-14,21,24,28-29,35H,1,15-20,22-23,33H2,2-5H3/t24-,28+,29-/m1/s1. The second kappa shape index (κ2) is 13.4. The summed E-state index contributed by atoms with van der Waals surface area (Å²) in [5, 5.41) is 11.2. The molecule has 0 unspecified atom stereocenters. The number of carbonyl (C=O) groups is 1. The zero-order valence-corrected chi connectivity index (χ0v) is 23.6. The number of nitrogens with zero attached hydrogens (tertiary/aromatic N) is 1. The first kappa shape index (κ1) is 29.9. The number of aliphatic hydroxyl groups excluding tert-OH is 1. The van der Waals surface area contributed by atoms with Crippen LogP contribution in [-0.4, -0.2) is 48.0 Å². The topological polar surface area (TPSA) is 85.0 Å². The first-order chi connectivity index (χ1) is 18.1. The van der Waals surface area contributed by atoms with E-state index in [1.165, 1.54) is 5.56 Å². The summed E-state index contributed by atoms with van der Waals surface area (Å²) < 4.78 is 11.3. The highest BCUT2D eigenvalue weighted by Gasteiger charge is 2.53. The molecule has 2 aromatic carbocycles. The van der Waals surface area contributed by atoms with E-state index < -0.39 is 23.8 Å². The van der Waals surface area contributed by atoms with Crippen LogP contribution in [0.2, 0.25) is 0 Å². The fourth-order valence-corrected chi connectivity index (χ4v) is 4.84. The van der Waals surface area contributed by atoms with Crippen LogP contribution in [0.4, 0.5) is 4.79 Å². The molecular weight excluding hydrogens is 476 g/mol.